The molecule has 1 N–H and O–H groups in total. The molecule has 9 heteroatoms. The van der Waals surface area contributed by atoms with Crippen molar-refractivity contribution in [1.29, 1.82) is 0 Å². The van der Waals surface area contributed by atoms with Crippen LogP contribution in [0.25, 0.3) is 11.8 Å². The zero-order chi connectivity index (χ0) is 24.6. The molecule has 7 nitrogen and oxygen atoms in total. The van der Waals surface area contributed by atoms with E-state index in [0.717, 1.165) is 27.5 Å². The van der Waals surface area contributed by atoms with E-state index in [1.807, 2.05) is 54.8 Å². The van der Waals surface area contributed by atoms with E-state index in [2.05, 4.69) is 5.32 Å². The van der Waals surface area contributed by atoms with Crippen LogP contribution in [0, 0.1) is 13.8 Å². The number of ether oxygens (including phenoxy) is 1. The molecule has 1 fully saturated rings. The molecule has 0 bridgehead atoms. The number of aromatic nitrogens is 1. The third-order valence-electron chi connectivity index (χ3n) is 5.58. The molecule has 1 aliphatic rings. The highest BCUT2D eigenvalue weighted by Gasteiger charge is 2.33. The molecule has 1 aliphatic heterocycles. The fourth-order valence-electron chi connectivity index (χ4n) is 3.72. The fourth-order valence-corrected chi connectivity index (χ4v) is 4.19. The van der Waals surface area contributed by atoms with E-state index in [1.54, 1.807) is 12.1 Å². The summed E-state index contributed by atoms with van der Waals surface area (Å²) < 4.78 is 7.86. The second-order valence-electron chi connectivity index (χ2n) is 7.86. The first-order chi connectivity index (χ1) is 16.2. The van der Waals surface area contributed by atoms with Gasteiger partial charge in [0.2, 0.25) is 0 Å². The first kappa shape index (κ1) is 23.6. The molecular weight excluding hydrogens is 477 g/mol. The van der Waals surface area contributed by atoms with Crippen molar-refractivity contribution in [2.75, 3.05) is 7.05 Å². The van der Waals surface area contributed by atoms with E-state index in [4.69, 9.17) is 27.9 Å². The van der Waals surface area contributed by atoms with Gasteiger partial charge in [0, 0.05) is 39.7 Å². The van der Waals surface area contributed by atoms with Crippen molar-refractivity contribution < 1.29 is 19.1 Å². The number of benzene rings is 2. The van der Waals surface area contributed by atoms with Crippen LogP contribution in [0.5, 0.6) is 5.75 Å². The van der Waals surface area contributed by atoms with Gasteiger partial charge in [0.25, 0.3) is 11.8 Å². The van der Waals surface area contributed by atoms with Gasteiger partial charge in [-0.1, -0.05) is 29.3 Å². The highest BCUT2D eigenvalue weighted by molar-refractivity contribution is 6.35. The molecule has 0 atom stereocenters. The third kappa shape index (κ3) is 4.58. The van der Waals surface area contributed by atoms with Gasteiger partial charge in [0.15, 0.2) is 0 Å². The largest absolute Gasteiger partial charge is 0.489 e. The maximum absolute atomic E-state index is 12.4. The van der Waals surface area contributed by atoms with E-state index < -0.39 is 17.8 Å². The molecule has 0 spiro atoms. The monoisotopic (exact) mass is 497 g/mol. The average molecular weight is 498 g/mol. The Kier molecular flexibility index (Phi) is 6.50. The van der Waals surface area contributed by atoms with E-state index >= 15 is 0 Å². The number of hydrogen-bond donors (Lipinski definition) is 1. The molecular formula is C25H21Cl2N3O4. The topological polar surface area (TPSA) is 80.6 Å². The van der Waals surface area contributed by atoms with Gasteiger partial charge in [0.1, 0.15) is 17.9 Å². The van der Waals surface area contributed by atoms with Crippen LogP contribution in [-0.2, 0) is 16.2 Å². The summed E-state index contributed by atoms with van der Waals surface area (Å²) in [5.74, 6) is -0.669. The van der Waals surface area contributed by atoms with E-state index in [1.165, 1.54) is 13.1 Å². The summed E-state index contributed by atoms with van der Waals surface area (Å²) in [6.07, 6.45) is 1.51. The van der Waals surface area contributed by atoms with E-state index in [0.29, 0.717) is 28.0 Å². The Labute approximate surface area is 206 Å². The molecule has 1 aromatic heterocycles. The molecule has 2 aromatic carbocycles. The highest BCUT2D eigenvalue weighted by atomic mass is 35.5. The number of nitrogens with zero attached hydrogens (tertiary/aromatic N) is 2. The molecule has 0 saturated carbocycles. The smallest absolute Gasteiger partial charge is 0.331 e. The van der Waals surface area contributed by atoms with Crippen molar-refractivity contribution in [3.05, 3.63) is 86.7 Å². The normalized spacial score (nSPS) is 15.1. The molecule has 2 heterocycles. The summed E-state index contributed by atoms with van der Waals surface area (Å²) >= 11 is 12.1. The van der Waals surface area contributed by atoms with Crippen LogP contribution in [0.3, 0.4) is 0 Å². The zero-order valence-corrected chi connectivity index (χ0v) is 20.2. The first-order valence-corrected chi connectivity index (χ1v) is 11.1. The lowest BCUT2D eigenvalue weighted by Crippen LogP contribution is -2.52. The number of nitrogens with one attached hydrogen (secondary N) is 1. The Hall–Kier alpha value is -3.55. The van der Waals surface area contributed by atoms with Crippen LogP contribution >= 0.6 is 23.2 Å². The highest BCUT2D eigenvalue weighted by Crippen LogP contribution is 2.26. The lowest BCUT2D eigenvalue weighted by molar-refractivity contribution is -0.129. The third-order valence-corrected chi connectivity index (χ3v) is 6.17. The molecule has 3 aromatic rings. The number of carbonyl (C=O) groups is 3. The quantitative estimate of drug-likeness (QED) is 0.394. The molecule has 0 unspecified atom stereocenters. The van der Waals surface area contributed by atoms with Gasteiger partial charge < -0.3 is 9.30 Å². The Bertz CT molecular complexity index is 1340. The van der Waals surface area contributed by atoms with Crippen LogP contribution in [0.4, 0.5) is 4.79 Å². The summed E-state index contributed by atoms with van der Waals surface area (Å²) in [6, 6.07) is 14.0. The average Bonchev–Trinajstić information content (AvgIpc) is 3.08. The predicted molar refractivity (Wildman–Crippen MR) is 130 cm³/mol. The van der Waals surface area contributed by atoms with Crippen LogP contribution in [0.1, 0.15) is 22.5 Å². The van der Waals surface area contributed by atoms with Crippen molar-refractivity contribution >= 4 is 47.1 Å². The van der Waals surface area contributed by atoms with Crippen LogP contribution in [-0.4, -0.2) is 34.4 Å². The number of barbiturate groups is 1. The lowest BCUT2D eigenvalue weighted by atomic mass is 10.1. The SMILES string of the molecule is Cc1cc(/C=C2/C(=O)NC(=O)N(C)C2=O)c(C)n1-c1ccc(OCc2ccc(Cl)cc2Cl)cc1. The summed E-state index contributed by atoms with van der Waals surface area (Å²) in [7, 11) is 1.33. The number of aryl methyl sites for hydroxylation is 1. The number of likely N-dealkylation sites (N-methyl/N-ethyl adjacent to an activating group) is 1. The second-order valence-corrected chi connectivity index (χ2v) is 8.71. The van der Waals surface area contributed by atoms with Gasteiger partial charge in [-0.05, 0) is 68.0 Å². The van der Waals surface area contributed by atoms with Crippen molar-refractivity contribution in [2.45, 2.75) is 20.5 Å². The minimum Gasteiger partial charge on any atom is -0.489 e. The number of amides is 4. The summed E-state index contributed by atoms with van der Waals surface area (Å²) in [6.45, 7) is 4.13. The van der Waals surface area contributed by atoms with Crippen LogP contribution < -0.4 is 10.1 Å². The number of imide groups is 2. The summed E-state index contributed by atoms with van der Waals surface area (Å²) in [5, 5.41) is 3.28. The minimum atomic E-state index is -0.738. The number of carbonyl (C=O) groups excluding carboxylic acids is 3. The van der Waals surface area contributed by atoms with Gasteiger partial charge in [0.05, 0.1) is 0 Å². The zero-order valence-electron chi connectivity index (χ0n) is 18.7. The van der Waals surface area contributed by atoms with Crippen molar-refractivity contribution in [1.82, 2.24) is 14.8 Å². The maximum Gasteiger partial charge on any atom is 0.331 e. The molecule has 1 saturated heterocycles. The second kappa shape index (κ2) is 9.37. The molecule has 4 rings (SSSR count). The van der Waals surface area contributed by atoms with Gasteiger partial charge in [-0.3, -0.25) is 19.8 Å². The Morgan fingerprint density at radius 2 is 1.71 bits per heavy atom. The summed E-state index contributed by atoms with van der Waals surface area (Å²) in [4.78, 5) is 37.1. The number of rotatable bonds is 5. The minimum absolute atomic E-state index is 0.0908. The van der Waals surface area contributed by atoms with E-state index in [-0.39, 0.29) is 5.57 Å². The lowest BCUT2D eigenvalue weighted by Gasteiger charge is -2.22. The van der Waals surface area contributed by atoms with Gasteiger partial charge >= 0.3 is 6.03 Å². The van der Waals surface area contributed by atoms with Crippen molar-refractivity contribution in [3.63, 3.8) is 0 Å². The number of urea groups is 1. The van der Waals surface area contributed by atoms with Crippen LogP contribution in [0.2, 0.25) is 10.0 Å². The Morgan fingerprint density at radius 3 is 2.38 bits per heavy atom. The molecule has 4 amide bonds. The molecule has 0 radical (unpaired) electrons. The predicted octanol–water partition coefficient (Wildman–Crippen LogP) is 5.07. The summed E-state index contributed by atoms with van der Waals surface area (Å²) in [5.41, 5.74) is 4.09. The van der Waals surface area contributed by atoms with Crippen molar-refractivity contribution in [2.24, 2.45) is 0 Å². The van der Waals surface area contributed by atoms with Gasteiger partial charge in [-0.25, -0.2) is 4.79 Å². The molecule has 0 aliphatic carbocycles. The van der Waals surface area contributed by atoms with E-state index in [9.17, 15) is 14.4 Å². The standard InChI is InChI=1S/C25H21Cl2N3O4/c1-14-10-17(11-21-23(31)28-25(33)29(3)24(21)32)15(2)30(14)19-6-8-20(9-7-19)34-13-16-4-5-18(26)12-22(16)27/h4-12H,13H2,1-3H3,(H,28,31,33)/b21-11-. The first-order valence-electron chi connectivity index (χ1n) is 10.4. The van der Waals surface area contributed by atoms with Gasteiger partial charge in [-0.15, -0.1) is 0 Å². The molecule has 34 heavy (non-hydrogen) atoms. The Morgan fingerprint density at radius 1 is 1.00 bits per heavy atom. The maximum atomic E-state index is 12.4. The molecule has 174 valence electrons. The fraction of sp³-hybridized carbons (Fsp3) is 0.160. The van der Waals surface area contributed by atoms with Gasteiger partial charge in [-0.2, -0.15) is 0 Å². The number of hydrogen-bond acceptors (Lipinski definition) is 4. The number of halogens is 2. The van der Waals surface area contributed by atoms with Crippen LogP contribution in [0.15, 0.2) is 54.1 Å². The Balaban J connectivity index is 1.56. The van der Waals surface area contributed by atoms with Crippen molar-refractivity contribution in [3.8, 4) is 11.4 Å².